The van der Waals surface area contributed by atoms with Crippen LogP contribution in [0, 0.1) is 17.2 Å². The molecule has 0 saturated carbocycles. The third kappa shape index (κ3) is 3.99. The lowest BCUT2D eigenvalue weighted by Gasteiger charge is -2.24. The second-order valence-corrected chi connectivity index (χ2v) is 4.92. The van der Waals surface area contributed by atoms with Crippen LogP contribution in [0.15, 0.2) is 24.3 Å². The zero-order valence-corrected chi connectivity index (χ0v) is 11.9. The van der Waals surface area contributed by atoms with E-state index in [2.05, 4.69) is 6.07 Å². The Labute approximate surface area is 114 Å². The number of amides is 1. The molecule has 0 aliphatic carbocycles. The maximum atomic E-state index is 12.3. The van der Waals surface area contributed by atoms with E-state index in [1.165, 1.54) is 4.90 Å². The normalized spacial score (nSPS) is 11.8. The van der Waals surface area contributed by atoms with Crippen LogP contribution >= 0.6 is 0 Å². The zero-order chi connectivity index (χ0) is 14.4. The molecule has 0 aromatic heterocycles. The van der Waals surface area contributed by atoms with Crippen molar-refractivity contribution in [1.29, 1.82) is 5.26 Å². The van der Waals surface area contributed by atoms with Crippen LogP contribution in [0.1, 0.15) is 30.6 Å². The van der Waals surface area contributed by atoms with Gasteiger partial charge in [0.25, 0.3) is 5.91 Å². The molecule has 0 aliphatic heterocycles. The second-order valence-electron chi connectivity index (χ2n) is 4.92. The summed E-state index contributed by atoms with van der Waals surface area (Å²) in [7, 11) is 3.22. The summed E-state index contributed by atoms with van der Waals surface area (Å²) in [5, 5.41) is 9.17. The molecule has 1 aromatic rings. The number of benzene rings is 1. The predicted octanol–water partition coefficient (Wildman–Crippen LogP) is 2.71. The molecule has 0 bridgehead atoms. The van der Waals surface area contributed by atoms with Crippen LogP contribution in [-0.2, 0) is 0 Å². The van der Waals surface area contributed by atoms with Crippen molar-refractivity contribution in [3.8, 4) is 11.8 Å². The third-order valence-electron chi connectivity index (χ3n) is 2.95. The monoisotopic (exact) mass is 260 g/mol. The largest absolute Gasteiger partial charge is 0.497 e. The summed E-state index contributed by atoms with van der Waals surface area (Å²) in [6.45, 7) is 4.07. The van der Waals surface area contributed by atoms with Crippen molar-refractivity contribution >= 4 is 5.91 Å². The molecule has 0 heterocycles. The van der Waals surface area contributed by atoms with Crippen LogP contribution in [-0.4, -0.2) is 31.0 Å². The van der Waals surface area contributed by atoms with Gasteiger partial charge in [-0.15, -0.1) is 0 Å². The van der Waals surface area contributed by atoms with Crippen molar-refractivity contribution in [2.24, 2.45) is 5.92 Å². The van der Waals surface area contributed by atoms with Gasteiger partial charge >= 0.3 is 0 Å². The molecule has 0 N–H and O–H groups in total. The Bertz CT molecular complexity index is 477. The Morgan fingerprint density at radius 1 is 1.47 bits per heavy atom. The lowest BCUT2D eigenvalue weighted by Crippen LogP contribution is -2.37. The smallest absolute Gasteiger partial charge is 0.254 e. The minimum atomic E-state index is -0.404. The van der Waals surface area contributed by atoms with E-state index in [1.54, 1.807) is 38.4 Å². The van der Waals surface area contributed by atoms with Crippen LogP contribution in [0.25, 0.3) is 0 Å². The molecule has 19 heavy (non-hydrogen) atoms. The molecule has 1 atom stereocenters. The minimum absolute atomic E-state index is 0.161. The summed E-state index contributed by atoms with van der Waals surface area (Å²) < 4.78 is 5.10. The molecule has 0 fully saturated rings. The highest BCUT2D eigenvalue weighted by Crippen LogP contribution is 2.17. The molecule has 0 spiro atoms. The van der Waals surface area contributed by atoms with E-state index < -0.39 is 6.04 Å². The average Bonchev–Trinajstić information content (AvgIpc) is 2.43. The van der Waals surface area contributed by atoms with Gasteiger partial charge in [0.15, 0.2) is 0 Å². The average molecular weight is 260 g/mol. The SMILES string of the molecule is COc1cccc(C(=O)N(C)C(C#N)CC(C)C)c1. The van der Waals surface area contributed by atoms with Crippen molar-refractivity contribution in [2.45, 2.75) is 26.3 Å². The minimum Gasteiger partial charge on any atom is -0.497 e. The van der Waals surface area contributed by atoms with E-state index in [0.717, 1.165) is 0 Å². The summed E-state index contributed by atoms with van der Waals surface area (Å²) in [6.07, 6.45) is 0.669. The van der Waals surface area contributed by atoms with Gasteiger partial charge in [0.05, 0.1) is 13.2 Å². The third-order valence-corrected chi connectivity index (χ3v) is 2.95. The Hall–Kier alpha value is -2.02. The first-order valence-corrected chi connectivity index (χ1v) is 6.30. The van der Waals surface area contributed by atoms with Gasteiger partial charge in [-0.1, -0.05) is 19.9 Å². The van der Waals surface area contributed by atoms with Gasteiger partial charge < -0.3 is 9.64 Å². The number of rotatable bonds is 5. The topological polar surface area (TPSA) is 53.3 Å². The fraction of sp³-hybridized carbons (Fsp3) is 0.467. The predicted molar refractivity (Wildman–Crippen MR) is 73.9 cm³/mol. The van der Waals surface area contributed by atoms with E-state index in [1.807, 2.05) is 13.8 Å². The lowest BCUT2D eigenvalue weighted by molar-refractivity contribution is 0.0752. The highest BCUT2D eigenvalue weighted by molar-refractivity contribution is 5.94. The van der Waals surface area contributed by atoms with Gasteiger partial charge in [0, 0.05) is 12.6 Å². The summed E-state index contributed by atoms with van der Waals surface area (Å²) in [4.78, 5) is 13.8. The first kappa shape index (κ1) is 15.0. The zero-order valence-electron chi connectivity index (χ0n) is 11.9. The molecular weight excluding hydrogens is 240 g/mol. The maximum absolute atomic E-state index is 12.3. The van der Waals surface area contributed by atoms with Crippen LogP contribution in [0.3, 0.4) is 0 Å². The van der Waals surface area contributed by atoms with Crippen LogP contribution in [0.4, 0.5) is 0 Å². The fourth-order valence-corrected chi connectivity index (χ4v) is 1.85. The molecule has 4 nitrogen and oxygen atoms in total. The number of carbonyl (C=O) groups is 1. The number of hydrogen-bond donors (Lipinski definition) is 0. The molecule has 1 amide bonds. The number of methoxy groups -OCH3 is 1. The molecular formula is C15H20N2O2. The molecule has 0 aliphatic rings. The van der Waals surface area contributed by atoms with Gasteiger partial charge in [0.1, 0.15) is 11.8 Å². The Morgan fingerprint density at radius 2 is 2.16 bits per heavy atom. The highest BCUT2D eigenvalue weighted by Gasteiger charge is 2.21. The van der Waals surface area contributed by atoms with Crippen molar-refractivity contribution < 1.29 is 9.53 Å². The summed E-state index contributed by atoms with van der Waals surface area (Å²) >= 11 is 0. The highest BCUT2D eigenvalue weighted by atomic mass is 16.5. The van der Waals surface area contributed by atoms with Crippen molar-refractivity contribution in [3.05, 3.63) is 29.8 Å². The van der Waals surface area contributed by atoms with Gasteiger partial charge in [-0.2, -0.15) is 5.26 Å². The summed E-state index contributed by atoms with van der Waals surface area (Å²) in [6, 6.07) is 8.74. The molecule has 0 saturated heterocycles. The van der Waals surface area contributed by atoms with Gasteiger partial charge in [0.2, 0.25) is 0 Å². The van der Waals surface area contributed by atoms with Gasteiger partial charge in [-0.25, -0.2) is 0 Å². The first-order valence-electron chi connectivity index (χ1n) is 6.30. The number of nitriles is 1. The van der Waals surface area contributed by atoms with Crippen LogP contribution < -0.4 is 4.74 Å². The second kappa shape index (κ2) is 6.79. The standard InChI is InChI=1S/C15H20N2O2/c1-11(2)8-13(10-16)17(3)15(18)12-6-5-7-14(9-12)19-4/h5-7,9,11,13H,8H2,1-4H3. The van der Waals surface area contributed by atoms with E-state index in [9.17, 15) is 10.1 Å². The van der Waals surface area contributed by atoms with Crippen LogP contribution in [0.2, 0.25) is 0 Å². The number of nitrogens with zero attached hydrogens (tertiary/aromatic N) is 2. The number of carbonyl (C=O) groups excluding carboxylic acids is 1. The molecule has 1 unspecified atom stereocenters. The quantitative estimate of drug-likeness (QED) is 0.818. The lowest BCUT2D eigenvalue weighted by atomic mass is 10.0. The van der Waals surface area contributed by atoms with Crippen molar-refractivity contribution in [1.82, 2.24) is 4.90 Å². The molecule has 1 aromatic carbocycles. The molecule has 102 valence electrons. The van der Waals surface area contributed by atoms with Crippen molar-refractivity contribution in [3.63, 3.8) is 0 Å². The van der Waals surface area contributed by atoms with E-state index in [4.69, 9.17) is 4.74 Å². The van der Waals surface area contributed by atoms with E-state index in [0.29, 0.717) is 23.7 Å². The van der Waals surface area contributed by atoms with Gasteiger partial charge in [-0.05, 0) is 30.5 Å². The molecule has 0 radical (unpaired) electrons. The summed E-state index contributed by atoms with van der Waals surface area (Å²) in [5.74, 6) is 0.841. The molecule has 1 rings (SSSR count). The maximum Gasteiger partial charge on any atom is 0.254 e. The summed E-state index contributed by atoms with van der Waals surface area (Å²) in [5.41, 5.74) is 0.533. The van der Waals surface area contributed by atoms with Crippen LogP contribution in [0.5, 0.6) is 5.75 Å². The fourth-order valence-electron chi connectivity index (χ4n) is 1.85. The van der Waals surface area contributed by atoms with E-state index >= 15 is 0 Å². The Kier molecular flexibility index (Phi) is 5.37. The van der Waals surface area contributed by atoms with Gasteiger partial charge in [-0.3, -0.25) is 4.79 Å². The number of ether oxygens (including phenoxy) is 1. The Balaban J connectivity index is 2.88. The van der Waals surface area contributed by atoms with E-state index in [-0.39, 0.29) is 5.91 Å². The van der Waals surface area contributed by atoms with Crippen molar-refractivity contribution in [2.75, 3.05) is 14.2 Å². The number of hydrogen-bond acceptors (Lipinski definition) is 3. The first-order chi connectivity index (χ1) is 8.99. The Morgan fingerprint density at radius 3 is 2.68 bits per heavy atom. The molecule has 4 heteroatoms.